The highest BCUT2D eigenvalue weighted by atomic mass is 32.2. The molecule has 2 atom stereocenters. The molecule has 0 saturated heterocycles. The summed E-state index contributed by atoms with van der Waals surface area (Å²) in [5.74, 6) is -1.90. The topological polar surface area (TPSA) is 104 Å². The van der Waals surface area contributed by atoms with Crippen molar-refractivity contribution in [2.24, 2.45) is 0 Å². The van der Waals surface area contributed by atoms with E-state index in [1.54, 1.807) is 0 Å². The van der Waals surface area contributed by atoms with Crippen molar-refractivity contribution >= 4 is 21.9 Å². The minimum Gasteiger partial charge on any atom is -0.480 e. The Labute approximate surface area is 94.5 Å². The Kier molecular flexibility index (Phi) is 4.88. The van der Waals surface area contributed by atoms with Crippen LogP contribution in [-0.4, -0.2) is 55.7 Å². The highest BCUT2D eigenvalue weighted by Crippen LogP contribution is 2.01. The highest BCUT2D eigenvalue weighted by Gasteiger charge is 2.30. The highest BCUT2D eigenvalue weighted by molar-refractivity contribution is 7.90. The van der Waals surface area contributed by atoms with Gasteiger partial charge in [-0.15, -0.1) is 0 Å². The van der Waals surface area contributed by atoms with Crippen molar-refractivity contribution in [1.82, 2.24) is 9.62 Å². The van der Waals surface area contributed by atoms with Gasteiger partial charge in [0.25, 0.3) is 0 Å². The normalized spacial score (nSPS) is 15.2. The smallest absolute Gasteiger partial charge is 0.323 e. The van der Waals surface area contributed by atoms with Crippen LogP contribution in [0.3, 0.4) is 0 Å². The SMILES string of the molecule is CC(NS(=O)(=O)C(C)C(=O)O)C(=O)N(C)C. The number of nitrogens with zero attached hydrogens (tertiary/aromatic N) is 1. The third-order valence-corrected chi connectivity index (χ3v) is 3.78. The van der Waals surface area contributed by atoms with Crippen molar-refractivity contribution in [1.29, 1.82) is 0 Å². The van der Waals surface area contributed by atoms with Gasteiger partial charge in [0.2, 0.25) is 15.9 Å². The molecule has 0 aromatic heterocycles. The fourth-order valence-electron chi connectivity index (χ4n) is 0.919. The molecule has 1 amide bonds. The lowest BCUT2D eigenvalue weighted by Crippen LogP contribution is -2.48. The Balaban J connectivity index is 4.74. The van der Waals surface area contributed by atoms with Gasteiger partial charge in [0.15, 0.2) is 5.25 Å². The van der Waals surface area contributed by atoms with Crippen molar-refractivity contribution in [3.63, 3.8) is 0 Å². The van der Waals surface area contributed by atoms with Crippen molar-refractivity contribution in [3.8, 4) is 0 Å². The lowest BCUT2D eigenvalue weighted by atomic mass is 10.3. The first-order valence-electron chi connectivity index (χ1n) is 4.54. The molecule has 0 aromatic carbocycles. The Morgan fingerprint density at radius 3 is 2.00 bits per heavy atom. The van der Waals surface area contributed by atoms with E-state index >= 15 is 0 Å². The zero-order valence-corrected chi connectivity index (χ0v) is 10.4. The van der Waals surface area contributed by atoms with Crippen LogP contribution >= 0.6 is 0 Å². The molecule has 0 aromatic rings. The number of carboxylic acid groups (broad SMARTS) is 1. The Hall–Kier alpha value is -1.15. The Morgan fingerprint density at radius 1 is 1.25 bits per heavy atom. The molecule has 2 N–H and O–H groups in total. The number of carboxylic acids is 1. The first-order valence-corrected chi connectivity index (χ1v) is 6.09. The second-order valence-corrected chi connectivity index (χ2v) is 5.63. The molecule has 8 heteroatoms. The number of likely N-dealkylation sites (N-methyl/N-ethyl adjacent to an activating group) is 1. The second-order valence-electron chi connectivity index (χ2n) is 3.60. The summed E-state index contributed by atoms with van der Waals surface area (Å²) in [6, 6.07) is -0.984. The molecule has 16 heavy (non-hydrogen) atoms. The number of hydrogen-bond acceptors (Lipinski definition) is 4. The number of carbonyl (C=O) groups is 2. The van der Waals surface area contributed by atoms with E-state index < -0.39 is 33.2 Å². The summed E-state index contributed by atoms with van der Waals surface area (Å²) in [4.78, 5) is 23.1. The number of hydrogen-bond donors (Lipinski definition) is 2. The molecule has 7 nitrogen and oxygen atoms in total. The molecule has 0 rings (SSSR count). The molecule has 0 saturated carbocycles. The van der Waals surface area contributed by atoms with Crippen molar-refractivity contribution < 1.29 is 23.1 Å². The first-order chi connectivity index (χ1) is 7.09. The second kappa shape index (κ2) is 5.26. The maximum Gasteiger partial charge on any atom is 0.323 e. The van der Waals surface area contributed by atoms with Gasteiger partial charge in [0.05, 0.1) is 6.04 Å². The van der Waals surface area contributed by atoms with Gasteiger partial charge in [-0.2, -0.15) is 0 Å². The quantitative estimate of drug-likeness (QED) is 0.643. The molecule has 2 unspecified atom stereocenters. The van der Waals surface area contributed by atoms with Gasteiger partial charge >= 0.3 is 5.97 Å². The first kappa shape index (κ1) is 14.8. The maximum atomic E-state index is 11.4. The van der Waals surface area contributed by atoms with Crippen LogP contribution in [0.25, 0.3) is 0 Å². The number of rotatable bonds is 5. The van der Waals surface area contributed by atoms with E-state index in [2.05, 4.69) is 0 Å². The lowest BCUT2D eigenvalue weighted by Gasteiger charge is -2.19. The minimum absolute atomic E-state index is 0.443. The van der Waals surface area contributed by atoms with Crippen LogP contribution in [-0.2, 0) is 19.6 Å². The number of aliphatic carboxylic acids is 1. The van der Waals surface area contributed by atoms with E-state index in [4.69, 9.17) is 5.11 Å². The van der Waals surface area contributed by atoms with Crippen LogP contribution in [0.15, 0.2) is 0 Å². The molecule has 0 heterocycles. The molecule has 0 aliphatic carbocycles. The average Bonchev–Trinajstić information content (AvgIpc) is 2.14. The van der Waals surface area contributed by atoms with Gasteiger partial charge in [0, 0.05) is 14.1 Å². The summed E-state index contributed by atoms with van der Waals surface area (Å²) in [5.41, 5.74) is 0. The predicted octanol–water partition coefficient (Wildman–Crippen LogP) is -1.14. The summed E-state index contributed by atoms with van der Waals surface area (Å²) in [7, 11) is -1.07. The van der Waals surface area contributed by atoms with Crippen LogP contribution in [0.1, 0.15) is 13.8 Å². The van der Waals surface area contributed by atoms with Crippen LogP contribution in [0.4, 0.5) is 0 Å². The minimum atomic E-state index is -4.03. The molecular formula is C8H16N2O5S. The van der Waals surface area contributed by atoms with Crippen molar-refractivity contribution in [2.45, 2.75) is 25.1 Å². The predicted molar refractivity (Wildman–Crippen MR) is 57.3 cm³/mol. The van der Waals surface area contributed by atoms with E-state index in [1.807, 2.05) is 4.72 Å². The van der Waals surface area contributed by atoms with E-state index in [0.29, 0.717) is 0 Å². The largest absolute Gasteiger partial charge is 0.480 e. The Morgan fingerprint density at radius 2 is 1.69 bits per heavy atom. The van der Waals surface area contributed by atoms with Gasteiger partial charge in [-0.1, -0.05) is 0 Å². The van der Waals surface area contributed by atoms with Crippen LogP contribution in [0.2, 0.25) is 0 Å². The number of amides is 1. The van der Waals surface area contributed by atoms with Crippen molar-refractivity contribution in [3.05, 3.63) is 0 Å². The molecule has 0 fully saturated rings. The van der Waals surface area contributed by atoms with Crippen LogP contribution in [0.5, 0.6) is 0 Å². The average molecular weight is 252 g/mol. The summed E-state index contributed by atoms with van der Waals surface area (Å²) < 4.78 is 24.9. The zero-order valence-electron chi connectivity index (χ0n) is 9.59. The summed E-state index contributed by atoms with van der Waals surface area (Å²) in [6.07, 6.45) is 0. The maximum absolute atomic E-state index is 11.4. The summed E-state index contributed by atoms with van der Waals surface area (Å²) in [6.45, 7) is 2.39. The third-order valence-electron chi connectivity index (χ3n) is 1.97. The summed E-state index contributed by atoms with van der Waals surface area (Å²) in [5, 5.41) is 6.97. The molecule has 0 aliphatic heterocycles. The van der Waals surface area contributed by atoms with Crippen LogP contribution in [0, 0.1) is 0 Å². The molecular weight excluding hydrogens is 236 g/mol. The fourth-order valence-corrected chi connectivity index (χ4v) is 1.98. The molecule has 0 spiro atoms. The van der Waals surface area contributed by atoms with Crippen LogP contribution < -0.4 is 4.72 Å². The van der Waals surface area contributed by atoms with Gasteiger partial charge < -0.3 is 10.0 Å². The lowest BCUT2D eigenvalue weighted by molar-refractivity contribution is -0.136. The number of nitrogens with one attached hydrogen (secondary N) is 1. The van der Waals surface area contributed by atoms with E-state index in [1.165, 1.54) is 25.9 Å². The van der Waals surface area contributed by atoms with E-state index in [0.717, 1.165) is 6.92 Å². The fraction of sp³-hybridized carbons (Fsp3) is 0.750. The van der Waals surface area contributed by atoms with E-state index in [9.17, 15) is 18.0 Å². The Bertz CT molecular complexity index is 376. The van der Waals surface area contributed by atoms with E-state index in [-0.39, 0.29) is 0 Å². The molecule has 0 radical (unpaired) electrons. The summed E-state index contributed by atoms with van der Waals surface area (Å²) >= 11 is 0. The molecule has 0 aliphatic rings. The number of sulfonamides is 1. The molecule has 0 bridgehead atoms. The zero-order chi connectivity index (χ0) is 13.1. The van der Waals surface area contributed by atoms with Gasteiger partial charge in [0.1, 0.15) is 0 Å². The monoisotopic (exact) mass is 252 g/mol. The van der Waals surface area contributed by atoms with Gasteiger partial charge in [-0.05, 0) is 13.8 Å². The van der Waals surface area contributed by atoms with Crippen molar-refractivity contribution in [2.75, 3.05) is 14.1 Å². The molecule has 94 valence electrons. The third kappa shape index (κ3) is 3.78. The van der Waals surface area contributed by atoms with Gasteiger partial charge in [-0.3, -0.25) is 9.59 Å². The standard InChI is InChI=1S/C8H16N2O5S/c1-5(7(11)10(3)4)9-16(14,15)6(2)8(12)13/h5-6,9H,1-4H3,(H,12,13). The van der Waals surface area contributed by atoms with Gasteiger partial charge in [-0.25, -0.2) is 13.1 Å². The number of carbonyl (C=O) groups excluding carboxylic acids is 1.